The summed E-state index contributed by atoms with van der Waals surface area (Å²) in [5.41, 5.74) is -0.800. The highest BCUT2D eigenvalue weighted by molar-refractivity contribution is 5.96. The minimum Gasteiger partial charge on any atom is -0.379 e. The zero-order valence-electron chi connectivity index (χ0n) is 20.6. The molecule has 3 aliphatic heterocycles. The average Bonchev–Trinajstić information content (AvgIpc) is 3.61. The fourth-order valence-corrected chi connectivity index (χ4v) is 5.31. The molecule has 3 saturated heterocycles. The Bertz CT molecular complexity index is 1290. The predicted octanol–water partition coefficient (Wildman–Crippen LogP) is 1.54. The van der Waals surface area contributed by atoms with Gasteiger partial charge in [-0.05, 0) is 12.8 Å². The van der Waals surface area contributed by atoms with Gasteiger partial charge in [0.15, 0.2) is 28.8 Å². The number of rotatable bonds is 4. The molecule has 6 rings (SSSR count). The summed E-state index contributed by atoms with van der Waals surface area (Å²) in [6.45, 7) is 6.31. The molecule has 0 atom stereocenters. The van der Waals surface area contributed by atoms with Crippen molar-refractivity contribution in [2.75, 3.05) is 70.6 Å². The van der Waals surface area contributed by atoms with Gasteiger partial charge in [0.1, 0.15) is 5.52 Å². The van der Waals surface area contributed by atoms with Gasteiger partial charge in [-0.15, -0.1) is 0 Å². The molecule has 0 aliphatic carbocycles. The van der Waals surface area contributed by atoms with Crippen molar-refractivity contribution in [1.29, 1.82) is 0 Å². The Morgan fingerprint density at radius 1 is 0.947 bits per heavy atom. The van der Waals surface area contributed by atoms with Crippen LogP contribution in [0, 0.1) is 0 Å². The van der Waals surface area contributed by atoms with E-state index >= 15 is 0 Å². The van der Waals surface area contributed by atoms with Crippen LogP contribution in [0.25, 0.3) is 22.6 Å². The molecule has 0 bridgehead atoms. The quantitative estimate of drug-likeness (QED) is 0.511. The average molecular weight is 536 g/mol. The molecule has 3 fully saturated rings. The second-order valence-corrected chi connectivity index (χ2v) is 9.58. The predicted molar refractivity (Wildman–Crippen MR) is 129 cm³/mol. The molecule has 3 aromatic rings. The summed E-state index contributed by atoms with van der Waals surface area (Å²) < 4.78 is 51.6. The van der Waals surface area contributed by atoms with Gasteiger partial charge >= 0.3 is 6.18 Å². The fourth-order valence-electron chi connectivity index (χ4n) is 5.31. The number of aromatic nitrogens is 6. The highest BCUT2D eigenvalue weighted by Gasteiger charge is 2.37. The van der Waals surface area contributed by atoms with Gasteiger partial charge in [-0.3, -0.25) is 14.8 Å². The van der Waals surface area contributed by atoms with Crippen molar-refractivity contribution < 1.29 is 27.4 Å². The Morgan fingerprint density at radius 3 is 2.32 bits per heavy atom. The second kappa shape index (κ2) is 10.1. The number of carbonyl (C=O) groups excluding carboxylic acids is 1. The van der Waals surface area contributed by atoms with Gasteiger partial charge in [0.25, 0.3) is 5.91 Å². The van der Waals surface area contributed by atoms with Crippen molar-refractivity contribution in [2.24, 2.45) is 0 Å². The van der Waals surface area contributed by atoms with E-state index in [9.17, 15) is 18.0 Å². The molecule has 0 spiro atoms. The number of fused-ring (bicyclic) bond motifs is 1. The first-order valence-corrected chi connectivity index (χ1v) is 12.7. The molecule has 38 heavy (non-hydrogen) atoms. The van der Waals surface area contributed by atoms with E-state index in [0.717, 1.165) is 45.3 Å². The first-order valence-electron chi connectivity index (χ1n) is 12.7. The Balaban J connectivity index is 1.30. The topological polar surface area (TPSA) is 128 Å². The normalized spacial score (nSPS) is 20.4. The van der Waals surface area contributed by atoms with Crippen molar-refractivity contribution in [3.05, 3.63) is 17.7 Å². The minimum atomic E-state index is -4.66. The summed E-state index contributed by atoms with van der Waals surface area (Å²) in [4.78, 5) is 35.7. The Hall–Kier alpha value is -3.30. The molecular weight excluding hydrogens is 507 g/mol. The molecular formula is C23H28F3N9O3. The molecule has 3 aliphatic rings. The zero-order valence-corrected chi connectivity index (χ0v) is 20.6. The van der Waals surface area contributed by atoms with E-state index in [1.807, 2.05) is 10.00 Å². The molecule has 15 heteroatoms. The number of imidazole rings is 1. The van der Waals surface area contributed by atoms with Crippen LogP contribution in [-0.2, 0) is 15.7 Å². The molecule has 0 unspecified atom stereocenters. The van der Waals surface area contributed by atoms with Crippen LogP contribution in [0.15, 0.2) is 6.20 Å². The number of ether oxygens (including phenoxy) is 2. The van der Waals surface area contributed by atoms with E-state index in [1.165, 1.54) is 0 Å². The summed E-state index contributed by atoms with van der Waals surface area (Å²) in [6, 6.07) is 0.415. The van der Waals surface area contributed by atoms with Gasteiger partial charge in [-0.2, -0.15) is 18.3 Å². The molecule has 0 aromatic carbocycles. The van der Waals surface area contributed by atoms with E-state index < -0.39 is 11.9 Å². The molecule has 6 heterocycles. The number of likely N-dealkylation sites (tertiary alicyclic amines) is 1. The molecule has 1 amide bonds. The van der Waals surface area contributed by atoms with E-state index in [1.54, 1.807) is 4.90 Å². The van der Waals surface area contributed by atoms with Gasteiger partial charge in [-0.1, -0.05) is 0 Å². The molecule has 0 saturated carbocycles. The number of H-pyrrole nitrogens is 2. The van der Waals surface area contributed by atoms with Gasteiger partial charge in [-0.25, -0.2) is 15.0 Å². The van der Waals surface area contributed by atoms with E-state index in [-0.39, 0.29) is 28.8 Å². The van der Waals surface area contributed by atoms with Crippen molar-refractivity contribution in [3.63, 3.8) is 0 Å². The van der Waals surface area contributed by atoms with Crippen LogP contribution in [0.4, 0.5) is 19.0 Å². The molecule has 2 N–H and O–H groups in total. The van der Waals surface area contributed by atoms with E-state index in [2.05, 4.69) is 29.9 Å². The lowest BCUT2D eigenvalue weighted by molar-refractivity contribution is -0.140. The van der Waals surface area contributed by atoms with Crippen molar-refractivity contribution in [3.8, 4) is 11.4 Å². The summed E-state index contributed by atoms with van der Waals surface area (Å²) in [7, 11) is 0. The first-order chi connectivity index (χ1) is 18.4. The minimum absolute atomic E-state index is 0.0917. The van der Waals surface area contributed by atoms with Crippen LogP contribution in [0.3, 0.4) is 0 Å². The summed E-state index contributed by atoms with van der Waals surface area (Å²) >= 11 is 0. The van der Waals surface area contributed by atoms with Gasteiger partial charge < -0.3 is 24.3 Å². The van der Waals surface area contributed by atoms with Crippen LogP contribution in [0.5, 0.6) is 0 Å². The lowest BCUT2D eigenvalue weighted by atomic mass is 10.0. The van der Waals surface area contributed by atoms with Crippen LogP contribution in [0.2, 0.25) is 0 Å². The van der Waals surface area contributed by atoms with Gasteiger partial charge in [0.05, 0.1) is 38.2 Å². The van der Waals surface area contributed by atoms with Gasteiger partial charge in [0, 0.05) is 45.3 Å². The highest BCUT2D eigenvalue weighted by atomic mass is 19.4. The summed E-state index contributed by atoms with van der Waals surface area (Å²) in [5.74, 6) is 0.0308. The Kier molecular flexibility index (Phi) is 6.65. The van der Waals surface area contributed by atoms with Crippen LogP contribution in [0.1, 0.15) is 29.2 Å². The second-order valence-electron chi connectivity index (χ2n) is 9.58. The largest absolute Gasteiger partial charge is 0.433 e. The standard InChI is InChI=1S/C23H28F3N9O3/c24-23(25,26)17-15(13-27-32-17)18-29-19-16(21(31-18)34-7-11-38-12-8-34)28-20(30-19)22(36)35-3-1-14(2-4-35)33-5-9-37-10-6-33/h13-14H,1-12H2,(H,27,32)(H,28,29,30,31). The van der Waals surface area contributed by atoms with Crippen molar-refractivity contribution in [2.45, 2.75) is 25.1 Å². The van der Waals surface area contributed by atoms with E-state index in [0.29, 0.717) is 56.8 Å². The number of amides is 1. The Morgan fingerprint density at radius 2 is 1.63 bits per heavy atom. The maximum atomic E-state index is 13.6. The molecule has 12 nitrogen and oxygen atoms in total. The first kappa shape index (κ1) is 25.0. The van der Waals surface area contributed by atoms with Crippen LogP contribution >= 0.6 is 0 Å². The SMILES string of the molecule is O=C(c1nc2nc(-c3cn[nH]c3C(F)(F)F)nc(N3CCOCC3)c2[nH]1)N1CCC(N2CCOCC2)CC1. The number of carbonyl (C=O) groups is 1. The van der Waals surface area contributed by atoms with Crippen molar-refractivity contribution >= 4 is 22.9 Å². The number of anilines is 1. The highest BCUT2D eigenvalue weighted by Crippen LogP contribution is 2.36. The monoisotopic (exact) mass is 535 g/mol. The van der Waals surface area contributed by atoms with Crippen LogP contribution < -0.4 is 4.90 Å². The Labute approximate surface area is 215 Å². The number of hydrogen-bond donors (Lipinski definition) is 2. The number of nitrogens with one attached hydrogen (secondary N) is 2. The number of hydrogen-bond acceptors (Lipinski definition) is 9. The number of aromatic amines is 2. The maximum Gasteiger partial charge on any atom is 0.433 e. The lowest BCUT2D eigenvalue weighted by Gasteiger charge is -2.39. The number of alkyl halides is 3. The van der Waals surface area contributed by atoms with Crippen LogP contribution in [-0.4, -0.2) is 118 Å². The molecule has 204 valence electrons. The number of halogens is 3. The number of morpholine rings is 2. The number of nitrogens with zero attached hydrogens (tertiary/aromatic N) is 7. The lowest BCUT2D eigenvalue weighted by Crippen LogP contribution is -2.50. The smallest absolute Gasteiger partial charge is 0.379 e. The fraction of sp³-hybridized carbons (Fsp3) is 0.609. The summed E-state index contributed by atoms with van der Waals surface area (Å²) in [6.07, 6.45) is -1.90. The third kappa shape index (κ3) is 4.80. The van der Waals surface area contributed by atoms with E-state index in [4.69, 9.17) is 9.47 Å². The van der Waals surface area contributed by atoms with Crippen molar-refractivity contribution in [1.82, 2.24) is 39.9 Å². The zero-order chi connectivity index (χ0) is 26.3. The molecule has 3 aromatic heterocycles. The third-order valence-corrected chi connectivity index (χ3v) is 7.32. The third-order valence-electron chi connectivity index (χ3n) is 7.32. The van der Waals surface area contributed by atoms with Gasteiger partial charge in [0.2, 0.25) is 0 Å². The number of piperidine rings is 1. The summed E-state index contributed by atoms with van der Waals surface area (Å²) in [5, 5.41) is 5.56. The maximum absolute atomic E-state index is 13.6. The molecule has 0 radical (unpaired) electrons.